The monoisotopic (exact) mass is 905 g/mol. The highest BCUT2D eigenvalue weighted by atomic mass is 16.7. The molecule has 2 heterocycles. The number of hydrogen-bond donors (Lipinski definition) is 7. The number of hydrogen-bond acceptors (Lipinski definition) is 15. The summed E-state index contributed by atoms with van der Waals surface area (Å²) in [5, 5.41) is 72.0. The Kier molecular flexibility index (Phi) is 33.1. The van der Waals surface area contributed by atoms with Gasteiger partial charge in [0.2, 0.25) is 0 Å². The van der Waals surface area contributed by atoms with Crippen LogP contribution >= 0.6 is 0 Å². The molecule has 7 N–H and O–H groups in total. The highest BCUT2D eigenvalue weighted by Gasteiger charge is 2.47. The quantitative estimate of drug-likeness (QED) is 0.0208. The van der Waals surface area contributed by atoms with Gasteiger partial charge in [-0.05, 0) is 38.5 Å². The van der Waals surface area contributed by atoms with Gasteiger partial charge in [0.15, 0.2) is 18.7 Å². The van der Waals surface area contributed by atoms with Gasteiger partial charge in [0, 0.05) is 12.8 Å². The summed E-state index contributed by atoms with van der Waals surface area (Å²) in [6, 6.07) is 0. The van der Waals surface area contributed by atoms with E-state index in [9.17, 15) is 45.3 Å². The fourth-order valence-electron chi connectivity index (χ4n) is 7.86. The molecule has 2 aliphatic rings. The van der Waals surface area contributed by atoms with Gasteiger partial charge in [-0.1, -0.05) is 148 Å². The van der Waals surface area contributed by atoms with Gasteiger partial charge in [0.1, 0.15) is 55.4 Å². The van der Waals surface area contributed by atoms with Gasteiger partial charge in [-0.15, -0.1) is 0 Å². The van der Waals surface area contributed by atoms with Crippen molar-refractivity contribution in [2.24, 2.45) is 0 Å². The summed E-state index contributed by atoms with van der Waals surface area (Å²) in [6.45, 7) is 2.57. The Labute approximate surface area is 378 Å². The van der Waals surface area contributed by atoms with Gasteiger partial charge < -0.3 is 64.2 Å². The summed E-state index contributed by atoms with van der Waals surface area (Å²) in [5.41, 5.74) is 0. The standard InChI is InChI=1S/C48H88O15/c1-3-5-7-9-11-13-15-17-19-21-23-25-27-29-31-40(51)61-36(33-58-39(50)30-28-26-24-22-20-18-16-14-12-10-8-6-4-2)34-59-47-46(57)44(55)42(53)38(63-47)35-60-48-45(56)43(54)41(52)37(32-49)62-48/h15,17,36-38,41-49,52-57H,3-14,16,18-35H2,1-2H3/b17-15+/t36-,37-,38-,41+,42+,43?,44?,45?,46?,47-,48-/m1/s1. The second-order valence-corrected chi connectivity index (χ2v) is 17.6. The van der Waals surface area contributed by atoms with Gasteiger partial charge >= 0.3 is 11.9 Å². The van der Waals surface area contributed by atoms with Crippen LogP contribution in [0.25, 0.3) is 0 Å². The zero-order chi connectivity index (χ0) is 46.1. The van der Waals surface area contributed by atoms with E-state index in [-0.39, 0.29) is 26.1 Å². The van der Waals surface area contributed by atoms with Gasteiger partial charge in [-0.3, -0.25) is 9.59 Å². The minimum atomic E-state index is -1.76. The minimum absolute atomic E-state index is 0.159. The largest absolute Gasteiger partial charge is 0.462 e. The van der Waals surface area contributed by atoms with Crippen molar-refractivity contribution in [3.8, 4) is 0 Å². The third kappa shape index (κ3) is 25.1. The molecule has 2 saturated heterocycles. The molecule has 0 aromatic heterocycles. The fraction of sp³-hybridized carbons (Fsp3) is 0.917. The molecule has 0 aromatic rings. The number of allylic oxidation sites excluding steroid dienone is 2. The first-order chi connectivity index (χ1) is 30.5. The number of esters is 2. The highest BCUT2D eigenvalue weighted by molar-refractivity contribution is 5.70. The molecule has 63 heavy (non-hydrogen) atoms. The van der Waals surface area contributed by atoms with Crippen LogP contribution in [0, 0.1) is 0 Å². The molecule has 0 radical (unpaired) electrons. The average Bonchev–Trinajstić information content (AvgIpc) is 3.28. The summed E-state index contributed by atoms with van der Waals surface area (Å²) in [5.74, 6) is -0.928. The van der Waals surface area contributed by atoms with E-state index in [4.69, 9.17) is 28.4 Å². The molecule has 0 bridgehead atoms. The third-order valence-corrected chi connectivity index (χ3v) is 12.0. The number of unbranched alkanes of at least 4 members (excludes halogenated alkanes) is 22. The summed E-state index contributed by atoms with van der Waals surface area (Å²) in [6.07, 6.45) is 16.7. The van der Waals surface area contributed by atoms with Crippen LogP contribution < -0.4 is 0 Å². The predicted molar refractivity (Wildman–Crippen MR) is 238 cm³/mol. The van der Waals surface area contributed by atoms with Gasteiger partial charge in [-0.25, -0.2) is 0 Å². The van der Waals surface area contributed by atoms with Crippen molar-refractivity contribution in [1.29, 1.82) is 0 Å². The molecule has 2 rings (SSSR count). The van der Waals surface area contributed by atoms with Crippen LogP contribution in [0.1, 0.15) is 187 Å². The predicted octanol–water partition coefficient (Wildman–Crippen LogP) is 6.21. The van der Waals surface area contributed by atoms with E-state index in [1.54, 1.807) is 0 Å². The first-order valence-electron chi connectivity index (χ1n) is 24.8. The van der Waals surface area contributed by atoms with Crippen LogP contribution in [0.5, 0.6) is 0 Å². The SMILES string of the molecule is CCCCCCC/C=C/CCCCCCCC(=O)O[C@H](COC(=O)CCCCCCCCCCCCCCC)CO[C@@H]1O[C@H](CO[C@@H]2O[C@H](CO)[C@H](O)C(O)C2O)[C@H](O)C(O)C1O. The van der Waals surface area contributed by atoms with Gasteiger partial charge in [0.05, 0.1) is 19.8 Å². The van der Waals surface area contributed by atoms with Crippen LogP contribution in [0.4, 0.5) is 0 Å². The lowest BCUT2D eigenvalue weighted by Crippen LogP contribution is -2.61. The van der Waals surface area contributed by atoms with Crippen LogP contribution in [0.15, 0.2) is 12.2 Å². The molecular formula is C48H88O15. The lowest BCUT2D eigenvalue weighted by molar-refractivity contribution is -0.332. The first kappa shape index (κ1) is 57.4. The van der Waals surface area contributed by atoms with E-state index in [2.05, 4.69) is 26.0 Å². The smallest absolute Gasteiger partial charge is 0.306 e. The van der Waals surface area contributed by atoms with E-state index in [1.165, 1.54) is 89.9 Å². The molecule has 4 unspecified atom stereocenters. The fourth-order valence-corrected chi connectivity index (χ4v) is 7.86. The molecule has 2 aliphatic heterocycles. The van der Waals surface area contributed by atoms with Crippen molar-refractivity contribution in [2.45, 2.75) is 255 Å². The number of ether oxygens (including phenoxy) is 6. The van der Waals surface area contributed by atoms with Gasteiger partial charge in [0.25, 0.3) is 0 Å². The summed E-state index contributed by atoms with van der Waals surface area (Å²) in [4.78, 5) is 25.7. The Morgan fingerprint density at radius 2 is 0.905 bits per heavy atom. The summed E-state index contributed by atoms with van der Waals surface area (Å²) in [7, 11) is 0. The molecule has 2 fully saturated rings. The van der Waals surface area contributed by atoms with E-state index < -0.39 is 92.7 Å². The number of carbonyl (C=O) groups is 2. The molecule has 15 nitrogen and oxygen atoms in total. The zero-order valence-electron chi connectivity index (χ0n) is 38.8. The van der Waals surface area contributed by atoms with E-state index >= 15 is 0 Å². The molecule has 0 amide bonds. The second kappa shape index (κ2) is 36.4. The Morgan fingerprint density at radius 1 is 0.492 bits per heavy atom. The third-order valence-electron chi connectivity index (χ3n) is 12.0. The molecule has 11 atom stereocenters. The maximum absolute atomic E-state index is 13.0. The van der Waals surface area contributed by atoms with E-state index in [0.29, 0.717) is 12.8 Å². The molecule has 0 aromatic carbocycles. The van der Waals surface area contributed by atoms with Crippen LogP contribution in [-0.2, 0) is 38.0 Å². The second-order valence-electron chi connectivity index (χ2n) is 17.6. The van der Waals surface area contributed by atoms with Crippen LogP contribution in [0.2, 0.25) is 0 Å². The lowest BCUT2D eigenvalue weighted by atomic mass is 9.98. The maximum Gasteiger partial charge on any atom is 0.306 e. The summed E-state index contributed by atoms with van der Waals surface area (Å²) >= 11 is 0. The van der Waals surface area contributed by atoms with Crippen LogP contribution in [-0.4, -0.2) is 142 Å². The Balaban J connectivity index is 1.83. The lowest BCUT2D eigenvalue weighted by Gasteiger charge is -2.42. The average molecular weight is 905 g/mol. The molecule has 0 spiro atoms. The zero-order valence-corrected chi connectivity index (χ0v) is 38.8. The first-order valence-corrected chi connectivity index (χ1v) is 24.8. The molecule has 0 aliphatic carbocycles. The Bertz CT molecular complexity index is 1160. The molecule has 370 valence electrons. The van der Waals surface area contributed by atoms with Crippen molar-refractivity contribution in [3.05, 3.63) is 12.2 Å². The van der Waals surface area contributed by atoms with Crippen molar-refractivity contribution >= 4 is 11.9 Å². The Morgan fingerprint density at radius 3 is 1.40 bits per heavy atom. The Hall–Kier alpha value is -1.76. The van der Waals surface area contributed by atoms with E-state index in [0.717, 1.165) is 57.8 Å². The molecule has 0 saturated carbocycles. The number of aliphatic hydroxyl groups is 7. The van der Waals surface area contributed by atoms with Crippen molar-refractivity contribution < 1.29 is 73.8 Å². The summed E-state index contributed by atoms with van der Waals surface area (Å²) < 4.78 is 33.5. The van der Waals surface area contributed by atoms with Crippen molar-refractivity contribution in [2.75, 3.05) is 26.4 Å². The number of rotatable bonds is 38. The molecule has 15 heteroatoms. The highest BCUT2D eigenvalue weighted by Crippen LogP contribution is 2.26. The minimum Gasteiger partial charge on any atom is -0.462 e. The number of aliphatic hydroxyl groups excluding tert-OH is 7. The van der Waals surface area contributed by atoms with Crippen molar-refractivity contribution in [3.63, 3.8) is 0 Å². The topological polar surface area (TPSA) is 231 Å². The van der Waals surface area contributed by atoms with Gasteiger partial charge in [-0.2, -0.15) is 0 Å². The molecular weight excluding hydrogens is 817 g/mol. The van der Waals surface area contributed by atoms with E-state index in [1.807, 2.05) is 0 Å². The van der Waals surface area contributed by atoms with Crippen molar-refractivity contribution in [1.82, 2.24) is 0 Å². The number of carbonyl (C=O) groups excluding carboxylic acids is 2. The maximum atomic E-state index is 13.0. The van der Waals surface area contributed by atoms with Crippen LogP contribution in [0.3, 0.4) is 0 Å². The normalized spacial score (nSPS) is 26.9.